The number of fused-ring (bicyclic) bond motifs is 1. The van der Waals surface area contributed by atoms with E-state index in [1.54, 1.807) is 6.07 Å². The summed E-state index contributed by atoms with van der Waals surface area (Å²) in [6.07, 6.45) is -7.28. The number of aliphatic hydroxyl groups excluding tert-OH is 1. The van der Waals surface area contributed by atoms with Crippen LogP contribution < -0.4 is 0 Å². The molecule has 3 rings (SSSR count). The molecular formula is C18H11F6NO3S. The average Bonchev–Trinajstić information content (AvgIpc) is 2.93. The summed E-state index contributed by atoms with van der Waals surface area (Å²) in [4.78, 5) is -1.36. The van der Waals surface area contributed by atoms with Crippen LogP contribution in [0.1, 0.15) is 40.1 Å². The molecule has 11 heteroatoms. The summed E-state index contributed by atoms with van der Waals surface area (Å²) >= 11 is 0. The van der Waals surface area contributed by atoms with Gasteiger partial charge in [0.05, 0.1) is 16.5 Å². The van der Waals surface area contributed by atoms with Gasteiger partial charge in [-0.25, -0.2) is 21.6 Å². The molecule has 154 valence electrons. The van der Waals surface area contributed by atoms with Gasteiger partial charge < -0.3 is 5.11 Å². The quantitative estimate of drug-likeness (QED) is 0.740. The molecule has 0 aliphatic heterocycles. The minimum absolute atomic E-state index is 0.223. The van der Waals surface area contributed by atoms with Crippen LogP contribution in [0.5, 0.6) is 0 Å². The highest BCUT2D eigenvalue weighted by molar-refractivity contribution is 7.92. The van der Waals surface area contributed by atoms with Crippen LogP contribution in [0.4, 0.5) is 26.3 Å². The van der Waals surface area contributed by atoms with Crippen molar-refractivity contribution in [2.45, 2.75) is 35.3 Å². The van der Waals surface area contributed by atoms with Gasteiger partial charge >= 0.3 is 5.51 Å². The van der Waals surface area contributed by atoms with Crippen molar-refractivity contribution in [2.75, 3.05) is 0 Å². The molecular weight excluding hydrogens is 424 g/mol. The van der Waals surface area contributed by atoms with Crippen LogP contribution in [0, 0.1) is 17.1 Å². The second-order valence-corrected chi connectivity index (χ2v) is 8.32. The zero-order chi connectivity index (χ0) is 21.7. The largest absolute Gasteiger partial charge is 0.501 e. The monoisotopic (exact) mass is 435 g/mol. The first-order chi connectivity index (χ1) is 13.4. The lowest BCUT2D eigenvalue weighted by Crippen LogP contribution is -2.25. The lowest BCUT2D eigenvalue weighted by atomic mass is 9.94. The summed E-state index contributed by atoms with van der Waals surface area (Å²) in [5.74, 6) is -0.946. The van der Waals surface area contributed by atoms with Gasteiger partial charge in [-0.1, -0.05) is 6.07 Å². The highest BCUT2D eigenvalue weighted by atomic mass is 32.2. The van der Waals surface area contributed by atoms with Gasteiger partial charge in [0.2, 0.25) is 0 Å². The molecule has 0 saturated heterocycles. The molecule has 2 aromatic carbocycles. The average molecular weight is 435 g/mol. The zero-order valence-electron chi connectivity index (χ0n) is 14.2. The Hall–Kier alpha value is -2.58. The predicted molar refractivity (Wildman–Crippen MR) is 87.3 cm³/mol. The van der Waals surface area contributed by atoms with Crippen molar-refractivity contribution in [2.24, 2.45) is 0 Å². The Labute approximate surface area is 160 Å². The van der Waals surface area contributed by atoms with Gasteiger partial charge in [-0.15, -0.1) is 0 Å². The molecule has 0 bridgehead atoms. The predicted octanol–water partition coefficient (Wildman–Crippen LogP) is 3.98. The third kappa shape index (κ3) is 3.47. The molecule has 4 nitrogen and oxygen atoms in total. The molecule has 0 saturated carbocycles. The fourth-order valence-electron chi connectivity index (χ4n) is 3.30. The van der Waals surface area contributed by atoms with Crippen LogP contribution in [0.25, 0.3) is 0 Å². The van der Waals surface area contributed by atoms with E-state index in [2.05, 4.69) is 0 Å². The van der Waals surface area contributed by atoms with Gasteiger partial charge in [0.25, 0.3) is 9.84 Å². The van der Waals surface area contributed by atoms with E-state index < -0.39 is 67.6 Å². The molecule has 3 atom stereocenters. The Morgan fingerprint density at radius 1 is 1.21 bits per heavy atom. The Kier molecular flexibility index (Phi) is 5.13. The summed E-state index contributed by atoms with van der Waals surface area (Å²) in [7, 11) is -5.93. The van der Waals surface area contributed by atoms with Crippen molar-refractivity contribution >= 4 is 9.84 Å². The van der Waals surface area contributed by atoms with E-state index in [1.807, 2.05) is 0 Å². The van der Waals surface area contributed by atoms with E-state index in [0.717, 1.165) is 24.3 Å². The molecule has 29 heavy (non-hydrogen) atoms. The highest BCUT2D eigenvalue weighted by Crippen LogP contribution is 2.45. The second kappa shape index (κ2) is 7.03. The first-order valence-electron chi connectivity index (χ1n) is 8.02. The summed E-state index contributed by atoms with van der Waals surface area (Å²) in [6, 6.07) is 5.36. The first kappa shape index (κ1) is 21.1. The molecule has 0 radical (unpaired) electrons. The molecule has 0 aromatic heterocycles. The Morgan fingerprint density at radius 2 is 1.86 bits per heavy atom. The van der Waals surface area contributed by atoms with Crippen LogP contribution in [0.15, 0.2) is 35.2 Å². The van der Waals surface area contributed by atoms with Crippen LogP contribution in [0.3, 0.4) is 0 Å². The molecule has 0 spiro atoms. The normalized spacial score (nSPS) is 20.2. The smallest absolute Gasteiger partial charge is 0.385 e. The van der Waals surface area contributed by atoms with Gasteiger partial charge in [-0.05, 0) is 41.0 Å². The SMILES string of the molecule is N#Cc1cc(F)cc([C@@H](F)c2ccc(S(=O)(=O)C(F)(F)F)c3c2C[C@@H](F)[C@H]3O)c1. The number of hydrogen-bond acceptors (Lipinski definition) is 4. The molecule has 0 fully saturated rings. The molecule has 0 amide bonds. The Balaban J connectivity index is 2.22. The van der Waals surface area contributed by atoms with E-state index in [1.165, 1.54) is 0 Å². The van der Waals surface area contributed by atoms with E-state index in [9.17, 15) is 35.5 Å². The topological polar surface area (TPSA) is 78.2 Å². The number of benzene rings is 2. The van der Waals surface area contributed by atoms with Gasteiger partial charge in [0.15, 0.2) is 6.17 Å². The molecule has 0 unspecified atom stereocenters. The van der Waals surface area contributed by atoms with Gasteiger partial charge in [0, 0.05) is 12.0 Å². The van der Waals surface area contributed by atoms with Crippen molar-refractivity contribution in [1.82, 2.24) is 0 Å². The first-order valence-corrected chi connectivity index (χ1v) is 9.50. The van der Waals surface area contributed by atoms with E-state index >= 15 is 4.39 Å². The maximum atomic E-state index is 15.1. The van der Waals surface area contributed by atoms with Crippen molar-refractivity contribution in [3.05, 3.63) is 64.0 Å². The van der Waals surface area contributed by atoms with Crippen molar-refractivity contribution < 1.29 is 39.9 Å². The Morgan fingerprint density at radius 3 is 2.45 bits per heavy atom. The summed E-state index contributed by atoms with van der Waals surface area (Å²) in [5.41, 5.74) is -8.03. The molecule has 0 heterocycles. The van der Waals surface area contributed by atoms with Crippen molar-refractivity contribution in [3.8, 4) is 6.07 Å². The zero-order valence-corrected chi connectivity index (χ0v) is 15.0. The molecule has 2 aromatic rings. The lowest BCUT2D eigenvalue weighted by molar-refractivity contribution is -0.0437. The minimum atomic E-state index is -5.93. The second-order valence-electron chi connectivity index (χ2n) is 6.41. The summed E-state index contributed by atoms with van der Waals surface area (Å²) < 4.78 is 105. The number of rotatable bonds is 3. The van der Waals surface area contributed by atoms with E-state index in [0.29, 0.717) is 6.07 Å². The number of nitriles is 1. The standard InChI is InChI=1S/C18H11F6NO3S/c19-10-4-8(7-25)3-9(5-10)16(21)11-1-2-14(29(27,28)18(22,23)24)15-12(11)6-13(20)17(15)26/h1-5,13,16-17,26H,6H2/t13-,16-,17-/m1/s1. The van der Waals surface area contributed by atoms with Crippen LogP contribution >= 0.6 is 0 Å². The molecule has 1 aliphatic carbocycles. The minimum Gasteiger partial charge on any atom is -0.385 e. The fourth-order valence-corrected chi connectivity index (χ4v) is 4.33. The van der Waals surface area contributed by atoms with E-state index in [4.69, 9.17) is 5.26 Å². The number of aliphatic hydroxyl groups is 1. The number of sulfone groups is 1. The van der Waals surface area contributed by atoms with Crippen molar-refractivity contribution in [1.29, 1.82) is 5.26 Å². The highest BCUT2D eigenvalue weighted by Gasteiger charge is 2.50. The number of nitrogens with zero attached hydrogens (tertiary/aromatic N) is 1. The van der Waals surface area contributed by atoms with Gasteiger partial charge in [-0.2, -0.15) is 18.4 Å². The number of halogens is 6. The maximum Gasteiger partial charge on any atom is 0.501 e. The third-order valence-corrected chi connectivity index (χ3v) is 6.14. The van der Waals surface area contributed by atoms with Gasteiger partial charge in [-0.3, -0.25) is 0 Å². The number of alkyl halides is 5. The molecule has 1 N–H and O–H groups in total. The molecule has 1 aliphatic rings. The maximum absolute atomic E-state index is 15.1. The van der Waals surface area contributed by atoms with Gasteiger partial charge in [0.1, 0.15) is 18.1 Å². The van der Waals surface area contributed by atoms with Crippen LogP contribution in [-0.2, 0) is 16.3 Å². The van der Waals surface area contributed by atoms with Crippen LogP contribution in [0.2, 0.25) is 0 Å². The Bertz CT molecular complexity index is 1120. The van der Waals surface area contributed by atoms with Crippen LogP contribution in [-0.4, -0.2) is 25.2 Å². The third-order valence-electron chi connectivity index (χ3n) is 4.60. The lowest BCUT2D eigenvalue weighted by Gasteiger charge is -2.18. The summed E-state index contributed by atoms with van der Waals surface area (Å²) in [5, 5.41) is 18.8. The summed E-state index contributed by atoms with van der Waals surface area (Å²) in [6.45, 7) is 0. The fraction of sp³-hybridized carbons (Fsp3) is 0.278. The number of hydrogen-bond donors (Lipinski definition) is 1. The van der Waals surface area contributed by atoms with Crippen molar-refractivity contribution in [3.63, 3.8) is 0 Å². The van der Waals surface area contributed by atoms with E-state index in [-0.39, 0.29) is 11.1 Å².